The molecule has 2 heterocycles. The van der Waals surface area contributed by atoms with E-state index < -0.39 is 21.8 Å². The molecule has 0 bridgehead atoms. The second kappa shape index (κ2) is 7.71. The van der Waals surface area contributed by atoms with E-state index in [0.717, 1.165) is 4.31 Å². The van der Waals surface area contributed by atoms with E-state index in [1.807, 2.05) is 4.90 Å². The Bertz CT molecular complexity index is 1100. The van der Waals surface area contributed by atoms with Gasteiger partial charge in [-0.1, -0.05) is 25.1 Å². The van der Waals surface area contributed by atoms with Crippen molar-refractivity contribution in [3.63, 3.8) is 0 Å². The quantitative estimate of drug-likeness (QED) is 0.744. The molecule has 2 aromatic rings. The highest BCUT2D eigenvalue weighted by molar-refractivity contribution is 7.94. The van der Waals surface area contributed by atoms with Crippen LogP contribution in [0.5, 0.6) is 0 Å². The lowest BCUT2D eigenvalue weighted by Crippen LogP contribution is -2.49. The van der Waals surface area contributed by atoms with Crippen LogP contribution >= 0.6 is 0 Å². The van der Waals surface area contributed by atoms with Gasteiger partial charge in [-0.05, 0) is 30.3 Å². The molecule has 7 nitrogen and oxygen atoms in total. The molecular formula is C21H22FN3O4S. The normalized spacial score (nSPS) is 21.2. The zero-order chi connectivity index (χ0) is 21.5. The van der Waals surface area contributed by atoms with Crippen LogP contribution in [0.4, 0.5) is 15.8 Å². The fourth-order valence-corrected chi connectivity index (χ4v) is 5.71. The summed E-state index contributed by atoms with van der Waals surface area (Å²) in [5.41, 5.74) is 1.01. The standard InChI is InChI=1S/C21H22FN3O4S/c1-15-14-30(28,29)25(20(15)26)17-6-4-5-16(13-17)21(27)24-11-9-23(10-12-24)19-8-3-2-7-18(19)22/h2-8,13,15H,9-12,14H2,1H3. The van der Waals surface area contributed by atoms with Crippen LogP contribution in [-0.4, -0.2) is 57.1 Å². The van der Waals surface area contributed by atoms with Gasteiger partial charge >= 0.3 is 0 Å². The summed E-state index contributed by atoms with van der Waals surface area (Å²) >= 11 is 0. The van der Waals surface area contributed by atoms with E-state index in [1.54, 1.807) is 42.2 Å². The largest absolute Gasteiger partial charge is 0.366 e. The van der Waals surface area contributed by atoms with E-state index in [0.29, 0.717) is 37.4 Å². The Morgan fingerprint density at radius 1 is 1.03 bits per heavy atom. The van der Waals surface area contributed by atoms with Crippen molar-refractivity contribution < 1.29 is 22.4 Å². The molecule has 0 spiro atoms. The van der Waals surface area contributed by atoms with Crippen molar-refractivity contribution in [3.05, 3.63) is 59.9 Å². The number of para-hydroxylation sites is 1. The molecule has 2 saturated heterocycles. The summed E-state index contributed by atoms with van der Waals surface area (Å²) in [7, 11) is -3.73. The third-order valence-corrected chi connectivity index (χ3v) is 7.32. The van der Waals surface area contributed by atoms with Crippen molar-refractivity contribution in [2.75, 3.05) is 41.1 Å². The number of rotatable bonds is 3. The van der Waals surface area contributed by atoms with Gasteiger partial charge in [0.15, 0.2) is 0 Å². The van der Waals surface area contributed by atoms with E-state index in [9.17, 15) is 22.4 Å². The number of piperazine rings is 1. The molecule has 0 aromatic heterocycles. The fraction of sp³-hybridized carbons (Fsp3) is 0.333. The highest BCUT2D eigenvalue weighted by Crippen LogP contribution is 2.29. The lowest BCUT2D eigenvalue weighted by molar-refractivity contribution is -0.119. The summed E-state index contributed by atoms with van der Waals surface area (Å²) in [6.07, 6.45) is 0. The monoisotopic (exact) mass is 431 g/mol. The lowest BCUT2D eigenvalue weighted by Gasteiger charge is -2.36. The number of hydrogen-bond donors (Lipinski definition) is 0. The van der Waals surface area contributed by atoms with Crippen molar-refractivity contribution >= 4 is 33.2 Å². The van der Waals surface area contributed by atoms with Gasteiger partial charge in [-0.2, -0.15) is 0 Å². The second-order valence-electron chi connectivity index (χ2n) is 7.56. The molecule has 0 aliphatic carbocycles. The van der Waals surface area contributed by atoms with Crippen molar-refractivity contribution in [2.24, 2.45) is 5.92 Å². The van der Waals surface area contributed by atoms with E-state index in [1.165, 1.54) is 18.2 Å². The van der Waals surface area contributed by atoms with Crippen molar-refractivity contribution in [1.29, 1.82) is 0 Å². The van der Waals surface area contributed by atoms with E-state index in [2.05, 4.69) is 0 Å². The Morgan fingerprint density at radius 3 is 2.37 bits per heavy atom. The summed E-state index contributed by atoms with van der Waals surface area (Å²) in [6, 6.07) is 12.7. The zero-order valence-electron chi connectivity index (χ0n) is 16.5. The first kappa shape index (κ1) is 20.3. The number of carbonyl (C=O) groups is 2. The number of halogens is 1. The number of benzene rings is 2. The van der Waals surface area contributed by atoms with Crippen LogP contribution in [0.2, 0.25) is 0 Å². The minimum absolute atomic E-state index is 0.181. The highest BCUT2D eigenvalue weighted by Gasteiger charge is 2.42. The lowest BCUT2D eigenvalue weighted by atomic mass is 10.1. The average Bonchev–Trinajstić information content (AvgIpc) is 2.94. The van der Waals surface area contributed by atoms with Crippen molar-refractivity contribution in [2.45, 2.75) is 6.92 Å². The van der Waals surface area contributed by atoms with Crippen molar-refractivity contribution in [1.82, 2.24) is 4.90 Å². The molecule has 1 atom stereocenters. The smallest absolute Gasteiger partial charge is 0.254 e. The molecule has 1 unspecified atom stereocenters. The molecule has 30 heavy (non-hydrogen) atoms. The summed E-state index contributed by atoms with van der Waals surface area (Å²) in [5.74, 6) is -1.88. The maximum atomic E-state index is 14.0. The first-order valence-electron chi connectivity index (χ1n) is 9.73. The number of nitrogens with zero attached hydrogens (tertiary/aromatic N) is 3. The molecule has 9 heteroatoms. The third kappa shape index (κ3) is 3.65. The molecule has 0 N–H and O–H groups in total. The van der Waals surface area contributed by atoms with E-state index in [4.69, 9.17) is 0 Å². The van der Waals surface area contributed by atoms with Crippen LogP contribution < -0.4 is 9.21 Å². The SMILES string of the molecule is CC1CS(=O)(=O)N(c2cccc(C(=O)N3CCN(c4ccccc4F)CC3)c2)C1=O. The van der Waals surface area contributed by atoms with Crippen molar-refractivity contribution in [3.8, 4) is 0 Å². The van der Waals surface area contributed by atoms with Crippen LogP contribution in [0.1, 0.15) is 17.3 Å². The van der Waals surface area contributed by atoms with Gasteiger partial charge in [-0.15, -0.1) is 0 Å². The van der Waals surface area contributed by atoms with Gasteiger partial charge in [0.25, 0.3) is 5.91 Å². The maximum Gasteiger partial charge on any atom is 0.254 e. The minimum atomic E-state index is -3.73. The van der Waals surface area contributed by atoms with Gasteiger partial charge in [0, 0.05) is 31.7 Å². The molecule has 2 amide bonds. The predicted octanol–water partition coefficient (Wildman–Crippen LogP) is 2.10. The molecule has 2 aromatic carbocycles. The van der Waals surface area contributed by atoms with Gasteiger partial charge < -0.3 is 9.80 Å². The average molecular weight is 431 g/mol. The number of amides is 2. The van der Waals surface area contributed by atoms with Gasteiger partial charge in [0.1, 0.15) is 5.82 Å². The number of hydrogen-bond acceptors (Lipinski definition) is 5. The van der Waals surface area contributed by atoms with E-state index >= 15 is 0 Å². The van der Waals surface area contributed by atoms with E-state index in [-0.39, 0.29) is 23.2 Å². The Hall–Kier alpha value is -2.94. The summed E-state index contributed by atoms with van der Waals surface area (Å²) in [5, 5.41) is 0. The second-order valence-corrected chi connectivity index (χ2v) is 9.43. The molecule has 158 valence electrons. The highest BCUT2D eigenvalue weighted by atomic mass is 32.2. The third-order valence-electron chi connectivity index (χ3n) is 5.45. The Balaban J connectivity index is 1.50. The molecule has 2 fully saturated rings. The molecule has 4 rings (SSSR count). The summed E-state index contributed by atoms with van der Waals surface area (Å²) < 4.78 is 39.5. The van der Waals surface area contributed by atoms with Gasteiger partial charge in [0.2, 0.25) is 15.9 Å². The first-order chi connectivity index (χ1) is 14.3. The summed E-state index contributed by atoms with van der Waals surface area (Å²) in [6.45, 7) is 3.38. The topological polar surface area (TPSA) is 78.0 Å². The minimum Gasteiger partial charge on any atom is -0.366 e. The Kier molecular flexibility index (Phi) is 5.23. The first-order valence-corrected chi connectivity index (χ1v) is 11.3. The molecule has 0 saturated carbocycles. The number of carbonyl (C=O) groups excluding carboxylic acids is 2. The van der Waals surface area contributed by atoms with Gasteiger partial charge in [-0.25, -0.2) is 17.1 Å². The summed E-state index contributed by atoms with van der Waals surface area (Å²) in [4.78, 5) is 28.8. The number of anilines is 2. The predicted molar refractivity (Wildman–Crippen MR) is 111 cm³/mol. The van der Waals surface area contributed by atoms with Crippen LogP contribution in [-0.2, 0) is 14.8 Å². The molecule has 2 aliphatic rings. The molecule has 2 aliphatic heterocycles. The molecular weight excluding hydrogens is 409 g/mol. The number of sulfonamides is 1. The van der Waals surface area contributed by atoms with Crippen LogP contribution in [0.3, 0.4) is 0 Å². The zero-order valence-corrected chi connectivity index (χ0v) is 17.3. The van der Waals surface area contributed by atoms with Gasteiger partial charge in [0.05, 0.1) is 23.0 Å². The fourth-order valence-electron chi connectivity index (χ4n) is 3.89. The van der Waals surface area contributed by atoms with Gasteiger partial charge in [-0.3, -0.25) is 9.59 Å². The maximum absolute atomic E-state index is 14.0. The van der Waals surface area contributed by atoms with Crippen LogP contribution in [0.15, 0.2) is 48.5 Å². The Labute approximate surface area is 174 Å². The van der Waals surface area contributed by atoms with Crippen LogP contribution in [0, 0.1) is 11.7 Å². The Morgan fingerprint density at radius 2 is 1.73 bits per heavy atom. The van der Waals surface area contributed by atoms with Crippen LogP contribution in [0.25, 0.3) is 0 Å². The molecule has 0 radical (unpaired) electrons.